The molecule has 1 N–H and O–H groups in total. The summed E-state index contributed by atoms with van der Waals surface area (Å²) in [5, 5.41) is 3.34. The van der Waals surface area contributed by atoms with Crippen LogP contribution in [0.1, 0.15) is 18.1 Å². The molecule has 1 atom stereocenters. The fourth-order valence-electron chi connectivity index (χ4n) is 2.91. The summed E-state index contributed by atoms with van der Waals surface area (Å²) in [6.45, 7) is 5.79. The van der Waals surface area contributed by atoms with E-state index in [0.717, 1.165) is 16.8 Å². The number of aryl methyl sites for hydroxylation is 2. The molecule has 0 saturated carbocycles. The Bertz CT molecular complexity index is 1020. The van der Waals surface area contributed by atoms with E-state index in [1.807, 2.05) is 44.2 Å². The van der Waals surface area contributed by atoms with Crippen molar-refractivity contribution in [3.8, 4) is 5.69 Å². The minimum Gasteiger partial charge on any atom is -0.358 e. The first-order valence-corrected chi connectivity index (χ1v) is 9.27. The number of aromatic nitrogens is 2. The van der Waals surface area contributed by atoms with Crippen LogP contribution in [0.25, 0.3) is 16.6 Å². The largest absolute Gasteiger partial charge is 0.358 e. The first kappa shape index (κ1) is 18.2. The highest BCUT2D eigenvalue weighted by Gasteiger charge is 2.19. The molecule has 3 aromatic rings. The second-order valence-electron chi connectivity index (χ2n) is 6.27. The fourth-order valence-corrected chi connectivity index (χ4v) is 3.90. The Kier molecular flexibility index (Phi) is 5.13. The second-order valence-corrected chi connectivity index (χ2v) is 7.58. The van der Waals surface area contributed by atoms with Gasteiger partial charge in [-0.05, 0) is 56.2 Å². The molecule has 0 aliphatic heterocycles. The number of benzene rings is 2. The molecular weight excluding hydrogens is 346 g/mol. The second kappa shape index (κ2) is 7.33. The van der Waals surface area contributed by atoms with Crippen LogP contribution in [0.15, 0.2) is 52.4 Å². The van der Waals surface area contributed by atoms with Gasteiger partial charge in [-0.3, -0.25) is 14.2 Å². The summed E-state index contributed by atoms with van der Waals surface area (Å²) in [5.41, 5.74) is 3.39. The number of rotatable bonds is 4. The van der Waals surface area contributed by atoms with E-state index in [1.165, 1.54) is 11.8 Å². The Hall–Kier alpha value is -2.60. The molecule has 1 unspecified atom stereocenters. The highest BCUT2D eigenvalue weighted by Crippen LogP contribution is 2.26. The Morgan fingerprint density at radius 2 is 1.81 bits per heavy atom. The first-order valence-electron chi connectivity index (χ1n) is 8.39. The Balaban J connectivity index is 2.27. The molecule has 2 aromatic carbocycles. The lowest BCUT2D eigenvalue weighted by atomic mass is 10.1. The Labute approximate surface area is 156 Å². The molecule has 3 rings (SSSR count). The zero-order chi connectivity index (χ0) is 18.8. The predicted molar refractivity (Wildman–Crippen MR) is 106 cm³/mol. The monoisotopic (exact) mass is 367 g/mol. The van der Waals surface area contributed by atoms with Gasteiger partial charge in [0, 0.05) is 7.05 Å². The van der Waals surface area contributed by atoms with Crippen molar-refractivity contribution in [1.82, 2.24) is 14.9 Å². The van der Waals surface area contributed by atoms with E-state index in [9.17, 15) is 9.59 Å². The van der Waals surface area contributed by atoms with Gasteiger partial charge in [-0.2, -0.15) is 0 Å². The van der Waals surface area contributed by atoms with Crippen molar-refractivity contribution >= 4 is 28.6 Å². The molecule has 0 radical (unpaired) electrons. The van der Waals surface area contributed by atoms with Gasteiger partial charge in [0.25, 0.3) is 5.56 Å². The van der Waals surface area contributed by atoms with Gasteiger partial charge < -0.3 is 5.32 Å². The Morgan fingerprint density at radius 1 is 1.15 bits per heavy atom. The maximum Gasteiger partial charge on any atom is 0.266 e. The molecular formula is C20H21N3O2S. The number of carbonyl (C=O) groups excluding carboxylic acids is 1. The minimum absolute atomic E-state index is 0.107. The summed E-state index contributed by atoms with van der Waals surface area (Å²) < 4.78 is 1.60. The van der Waals surface area contributed by atoms with Crippen LogP contribution < -0.4 is 10.9 Å². The van der Waals surface area contributed by atoms with E-state index in [4.69, 9.17) is 0 Å². The number of fused-ring (bicyclic) bond motifs is 1. The maximum absolute atomic E-state index is 13.2. The van der Waals surface area contributed by atoms with E-state index in [2.05, 4.69) is 16.4 Å². The van der Waals surface area contributed by atoms with E-state index in [0.29, 0.717) is 16.1 Å². The fraction of sp³-hybridized carbons (Fsp3) is 0.250. The van der Waals surface area contributed by atoms with Crippen LogP contribution in [0.3, 0.4) is 0 Å². The van der Waals surface area contributed by atoms with Gasteiger partial charge in [-0.15, -0.1) is 0 Å². The number of nitrogens with zero attached hydrogens (tertiary/aromatic N) is 2. The van der Waals surface area contributed by atoms with Crippen LogP contribution >= 0.6 is 11.8 Å². The van der Waals surface area contributed by atoms with Crippen LogP contribution in [-0.4, -0.2) is 27.8 Å². The molecule has 5 nitrogen and oxygen atoms in total. The van der Waals surface area contributed by atoms with Gasteiger partial charge in [-0.1, -0.05) is 30.0 Å². The standard InChI is InChI=1S/C20H21N3O2S/c1-12-9-13(2)11-15(10-12)23-19(25)16-7-5-6-8-17(16)22-20(23)26-14(3)18(24)21-4/h5-11,14H,1-4H3,(H,21,24). The van der Waals surface area contributed by atoms with Crippen molar-refractivity contribution in [1.29, 1.82) is 0 Å². The number of thioether (sulfide) groups is 1. The molecule has 0 saturated heterocycles. The number of para-hydroxylation sites is 1. The molecule has 0 fully saturated rings. The lowest BCUT2D eigenvalue weighted by Gasteiger charge is -2.16. The number of nitrogens with one attached hydrogen (secondary N) is 1. The van der Waals surface area contributed by atoms with E-state index >= 15 is 0 Å². The number of hydrogen-bond donors (Lipinski definition) is 1. The van der Waals surface area contributed by atoms with E-state index < -0.39 is 0 Å². The summed E-state index contributed by atoms with van der Waals surface area (Å²) in [6.07, 6.45) is 0. The summed E-state index contributed by atoms with van der Waals surface area (Å²) in [5.74, 6) is -0.107. The predicted octanol–water partition coefficient (Wildman–Crippen LogP) is 3.23. The van der Waals surface area contributed by atoms with Crippen molar-refractivity contribution in [3.63, 3.8) is 0 Å². The van der Waals surface area contributed by atoms with E-state index in [-0.39, 0.29) is 16.7 Å². The van der Waals surface area contributed by atoms with Crippen LogP contribution in [0.4, 0.5) is 0 Å². The quantitative estimate of drug-likeness (QED) is 0.568. The van der Waals surface area contributed by atoms with Gasteiger partial charge in [0.05, 0.1) is 21.8 Å². The summed E-state index contributed by atoms with van der Waals surface area (Å²) in [4.78, 5) is 29.9. The first-order chi connectivity index (χ1) is 12.4. The zero-order valence-electron chi connectivity index (χ0n) is 15.2. The van der Waals surface area contributed by atoms with Crippen LogP contribution in [-0.2, 0) is 4.79 Å². The lowest BCUT2D eigenvalue weighted by Crippen LogP contribution is -2.29. The lowest BCUT2D eigenvalue weighted by molar-refractivity contribution is -0.119. The molecule has 1 heterocycles. The minimum atomic E-state index is -0.370. The van der Waals surface area contributed by atoms with Crippen molar-refractivity contribution in [2.24, 2.45) is 0 Å². The van der Waals surface area contributed by atoms with Gasteiger partial charge in [0.2, 0.25) is 5.91 Å². The maximum atomic E-state index is 13.2. The summed E-state index contributed by atoms with van der Waals surface area (Å²) in [7, 11) is 1.60. The summed E-state index contributed by atoms with van der Waals surface area (Å²) >= 11 is 1.28. The highest BCUT2D eigenvalue weighted by atomic mass is 32.2. The van der Waals surface area contributed by atoms with Crippen molar-refractivity contribution in [2.45, 2.75) is 31.2 Å². The number of amides is 1. The topological polar surface area (TPSA) is 64.0 Å². The van der Waals surface area contributed by atoms with E-state index in [1.54, 1.807) is 24.6 Å². The molecule has 6 heteroatoms. The van der Waals surface area contributed by atoms with Gasteiger partial charge in [-0.25, -0.2) is 4.98 Å². The number of hydrogen-bond acceptors (Lipinski definition) is 4. The van der Waals surface area contributed by atoms with Crippen molar-refractivity contribution < 1.29 is 4.79 Å². The third-order valence-electron chi connectivity index (χ3n) is 4.11. The third-order valence-corrected chi connectivity index (χ3v) is 5.16. The molecule has 134 valence electrons. The number of carbonyl (C=O) groups is 1. The molecule has 0 aliphatic rings. The zero-order valence-corrected chi connectivity index (χ0v) is 16.1. The average molecular weight is 367 g/mol. The SMILES string of the molecule is CNC(=O)C(C)Sc1nc2ccccc2c(=O)n1-c1cc(C)cc(C)c1. The molecule has 0 spiro atoms. The molecule has 1 amide bonds. The van der Waals surface area contributed by atoms with Crippen LogP contribution in [0.2, 0.25) is 0 Å². The van der Waals surface area contributed by atoms with Gasteiger partial charge in [0.15, 0.2) is 5.16 Å². The molecule has 1 aromatic heterocycles. The Morgan fingerprint density at radius 3 is 2.46 bits per heavy atom. The van der Waals surface area contributed by atoms with Gasteiger partial charge >= 0.3 is 0 Å². The van der Waals surface area contributed by atoms with Crippen molar-refractivity contribution in [2.75, 3.05) is 7.05 Å². The molecule has 0 bridgehead atoms. The van der Waals surface area contributed by atoms with Crippen molar-refractivity contribution in [3.05, 3.63) is 63.9 Å². The van der Waals surface area contributed by atoms with Gasteiger partial charge in [0.1, 0.15) is 0 Å². The molecule has 0 aliphatic carbocycles. The molecule has 26 heavy (non-hydrogen) atoms. The average Bonchev–Trinajstić information content (AvgIpc) is 2.60. The van der Waals surface area contributed by atoms with Crippen LogP contribution in [0, 0.1) is 13.8 Å². The van der Waals surface area contributed by atoms with Crippen LogP contribution in [0.5, 0.6) is 0 Å². The third kappa shape index (κ3) is 3.51. The normalized spacial score (nSPS) is 12.2. The summed E-state index contributed by atoms with van der Waals surface area (Å²) in [6, 6.07) is 13.3. The highest BCUT2D eigenvalue weighted by molar-refractivity contribution is 8.00. The smallest absolute Gasteiger partial charge is 0.266 e.